The van der Waals surface area contributed by atoms with E-state index in [-0.39, 0.29) is 31.2 Å². The Balaban J connectivity index is 0.000000758. The van der Waals surface area contributed by atoms with Crippen molar-refractivity contribution in [3.05, 3.63) is 16.3 Å². The molecular formula is C13H21N5O7S. The molecule has 0 aliphatic carbocycles. The molecule has 1 fully saturated rings. The Bertz CT molecular complexity index is 846. The van der Waals surface area contributed by atoms with Crippen LogP contribution in [0.3, 0.4) is 0 Å². The Morgan fingerprint density at radius 2 is 2.12 bits per heavy atom. The molecule has 1 spiro atoms. The van der Waals surface area contributed by atoms with Crippen LogP contribution in [0.15, 0.2) is 4.79 Å². The summed E-state index contributed by atoms with van der Waals surface area (Å²) in [6.07, 6.45) is 1.60. The summed E-state index contributed by atoms with van der Waals surface area (Å²) in [7, 11) is -1.83. The maximum Gasteiger partial charge on any atom is 0.345 e. The topological polar surface area (TPSA) is 153 Å². The largest absolute Gasteiger partial charge is 0.483 e. The number of rotatable bonds is 3. The van der Waals surface area contributed by atoms with Gasteiger partial charge in [0.2, 0.25) is 15.9 Å². The van der Waals surface area contributed by atoms with Gasteiger partial charge in [-0.1, -0.05) is 0 Å². The molecule has 0 bridgehead atoms. The molecule has 0 aromatic carbocycles. The third kappa shape index (κ3) is 4.47. The number of nitrogens with zero attached hydrogens (tertiary/aromatic N) is 4. The molecule has 0 radical (unpaired) electrons. The average Bonchev–Trinajstić information content (AvgIpc) is 3.09. The molecule has 3 rings (SSSR count). The van der Waals surface area contributed by atoms with Gasteiger partial charge in [-0.2, -0.15) is 5.10 Å². The number of sulfonamides is 1. The van der Waals surface area contributed by atoms with E-state index in [0.717, 1.165) is 6.26 Å². The Kier molecular flexibility index (Phi) is 5.83. The van der Waals surface area contributed by atoms with Gasteiger partial charge in [0.25, 0.3) is 6.47 Å². The zero-order valence-electron chi connectivity index (χ0n) is 14.4. The second-order valence-electron chi connectivity index (χ2n) is 6.14. The first kappa shape index (κ1) is 20.1. The first-order valence-electron chi connectivity index (χ1n) is 7.68. The molecule has 2 aliphatic heterocycles. The zero-order valence-corrected chi connectivity index (χ0v) is 15.2. The highest BCUT2D eigenvalue weighted by molar-refractivity contribution is 7.88. The molecule has 1 amide bonds. The smallest absolute Gasteiger partial charge is 0.345 e. The van der Waals surface area contributed by atoms with Crippen LogP contribution >= 0.6 is 0 Å². The number of aromatic nitrogens is 3. The van der Waals surface area contributed by atoms with Gasteiger partial charge in [0.05, 0.1) is 25.9 Å². The monoisotopic (exact) mass is 391 g/mol. The van der Waals surface area contributed by atoms with Gasteiger partial charge in [0, 0.05) is 13.6 Å². The van der Waals surface area contributed by atoms with Gasteiger partial charge in [-0.3, -0.25) is 14.2 Å². The summed E-state index contributed by atoms with van der Waals surface area (Å²) < 4.78 is 33.1. The maximum atomic E-state index is 12.1. The normalized spacial score (nSPS) is 21.8. The van der Waals surface area contributed by atoms with Crippen LogP contribution in [0, 0.1) is 0 Å². The van der Waals surface area contributed by atoms with Crippen molar-refractivity contribution in [1.29, 1.82) is 0 Å². The van der Waals surface area contributed by atoms with E-state index in [1.54, 1.807) is 16.5 Å². The maximum absolute atomic E-state index is 12.1. The molecule has 1 atom stereocenters. The summed E-state index contributed by atoms with van der Waals surface area (Å²) in [5.41, 5.74) is -0.813. The van der Waals surface area contributed by atoms with E-state index in [1.165, 1.54) is 4.68 Å². The van der Waals surface area contributed by atoms with Crippen molar-refractivity contribution in [1.82, 2.24) is 24.0 Å². The molecule has 1 unspecified atom stereocenters. The lowest BCUT2D eigenvalue weighted by Gasteiger charge is -2.33. The van der Waals surface area contributed by atoms with Crippen molar-refractivity contribution >= 4 is 22.4 Å². The molecule has 1 aromatic heterocycles. The summed E-state index contributed by atoms with van der Waals surface area (Å²) in [6, 6.07) is 0. The van der Waals surface area contributed by atoms with Crippen molar-refractivity contribution in [2.75, 3.05) is 25.9 Å². The number of fused-ring (bicyclic) bond motifs is 1. The van der Waals surface area contributed by atoms with Crippen LogP contribution in [0.25, 0.3) is 0 Å². The minimum absolute atomic E-state index is 0.203. The molecule has 146 valence electrons. The molecular weight excluding hydrogens is 370 g/mol. The zero-order chi connectivity index (χ0) is 19.5. The van der Waals surface area contributed by atoms with Gasteiger partial charge in [-0.25, -0.2) is 22.6 Å². The van der Waals surface area contributed by atoms with E-state index >= 15 is 0 Å². The van der Waals surface area contributed by atoms with Crippen LogP contribution in [0.1, 0.15) is 12.2 Å². The Morgan fingerprint density at radius 3 is 2.73 bits per heavy atom. The second kappa shape index (κ2) is 7.55. The van der Waals surface area contributed by atoms with Crippen molar-refractivity contribution in [2.45, 2.75) is 25.2 Å². The molecule has 1 aromatic rings. The fourth-order valence-electron chi connectivity index (χ4n) is 2.98. The lowest BCUT2D eigenvalue weighted by Crippen LogP contribution is -2.48. The van der Waals surface area contributed by atoms with E-state index in [1.807, 2.05) is 0 Å². The summed E-state index contributed by atoms with van der Waals surface area (Å²) in [5.74, 6) is 0.270. The summed E-state index contributed by atoms with van der Waals surface area (Å²) in [6.45, 7) is 0.845. The molecule has 2 aliphatic rings. The number of amides is 1. The lowest BCUT2D eigenvalue weighted by atomic mass is 10.0. The summed E-state index contributed by atoms with van der Waals surface area (Å²) in [4.78, 5) is 34.0. The highest BCUT2D eigenvalue weighted by atomic mass is 32.2. The molecule has 3 heterocycles. The fraction of sp³-hybridized carbons (Fsp3) is 0.692. The Hall–Kier alpha value is -2.25. The third-order valence-corrected chi connectivity index (χ3v) is 4.86. The van der Waals surface area contributed by atoms with Gasteiger partial charge in [-0.05, 0) is 6.42 Å². The number of nitrogens with one attached hydrogen (secondary N) is 1. The number of carbonyl (C=O) groups is 2. The standard InChI is InChI=1S/C12H19N5O5S.CH2O2/c1-15-11(19)17-8-12(22-6-9(17)14-15)3-4-16(7-12)10(18)5-13-23(2,20)21;2-1-3/h13H,3-8H2,1-2H3;1H,(H,2,3). The number of aryl methyl sites for hydroxylation is 1. The summed E-state index contributed by atoms with van der Waals surface area (Å²) >= 11 is 0. The Labute approximate surface area is 149 Å². The van der Waals surface area contributed by atoms with Gasteiger partial charge in [0.1, 0.15) is 12.2 Å². The first-order valence-corrected chi connectivity index (χ1v) is 9.57. The van der Waals surface area contributed by atoms with Gasteiger partial charge < -0.3 is 14.7 Å². The molecule has 1 saturated heterocycles. The van der Waals surface area contributed by atoms with Crippen LogP contribution in [0.2, 0.25) is 0 Å². The quantitative estimate of drug-likeness (QED) is 0.529. The number of carbonyl (C=O) groups excluding carboxylic acids is 1. The molecule has 2 N–H and O–H groups in total. The van der Waals surface area contributed by atoms with E-state index in [9.17, 15) is 18.0 Å². The predicted octanol–water partition coefficient (Wildman–Crippen LogP) is -2.67. The molecule has 12 nitrogen and oxygen atoms in total. The summed E-state index contributed by atoms with van der Waals surface area (Å²) in [5, 5.41) is 11.0. The molecule has 0 saturated carbocycles. The first-order chi connectivity index (χ1) is 12.1. The van der Waals surface area contributed by atoms with Crippen LogP contribution < -0.4 is 10.4 Å². The van der Waals surface area contributed by atoms with Gasteiger partial charge in [-0.15, -0.1) is 0 Å². The highest BCUT2D eigenvalue weighted by Crippen LogP contribution is 2.31. The van der Waals surface area contributed by atoms with Crippen LogP contribution in [-0.4, -0.2) is 76.6 Å². The Morgan fingerprint density at radius 1 is 1.46 bits per heavy atom. The van der Waals surface area contributed by atoms with E-state index in [0.29, 0.717) is 31.9 Å². The fourth-order valence-corrected chi connectivity index (χ4v) is 3.37. The number of hydrogen-bond acceptors (Lipinski definition) is 7. The predicted molar refractivity (Wildman–Crippen MR) is 87.7 cm³/mol. The van der Waals surface area contributed by atoms with Crippen molar-refractivity contribution < 1.29 is 27.9 Å². The SMILES string of the molecule is Cn1nc2n(c1=O)CC1(CCN(C(=O)CNS(C)(=O)=O)C1)OC2.O=CO. The number of hydrogen-bond donors (Lipinski definition) is 2. The van der Waals surface area contributed by atoms with Crippen LogP contribution in [0.4, 0.5) is 0 Å². The van der Waals surface area contributed by atoms with E-state index in [4.69, 9.17) is 14.6 Å². The third-order valence-electron chi connectivity index (χ3n) is 4.19. The van der Waals surface area contributed by atoms with E-state index < -0.39 is 15.6 Å². The van der Waals surface area contributed by atoms with Crippen molar-refractivity contribution in [3.63, 3.8) is 0 Å². The average molecular weight is 391 g/mol. The highest BCUT2D eigenvalue weighted by Gasteiger charge is 2.44. The van der Waals surface area contributed by atoms with E-state index in [2.05, 4.69) is 9.82 Å². The van der Waals surface area contributed by atoms with Crippen molar-refractivity contribution in [2.24, 2.45) is 7.05 Å². The van der Waals surface area contributed by atoms with Crippen molar-refractivity contribution in [3.8, 4) is 0 Å². The van der Waals surface area contributed by atoms with Crippen LogP contribution in [-0.2, 0) is 44.5 Å². The number of likely N-dealkylation sites (tertiary alicyclic amines) is 1. The van der Waals surface area contributed by atoms with Crippen LogP contribution in [0.5, 0.6) is 0 Å². The minimum atomic E-state index is -3.41. The number of carboxylic acid groups (broad SMARTS) is 1. The number of ether oxygens (including phenoxy) is 1. The minimum Gasteiger partial charge on any atom is -0.483 e. The van der Waals surface area contributed by atoms with Gasteiger partial charge >= 0.3 is 5.69 Å². The lowest BCUT2D eigenvalue weighted by molar-refractivity contribution is -0.132. The van der Waals surface area contributed by atoms with Gasteiger partial charge in [0.15, 0.2) is 5.82 Å². The molecule has 13 heteroatoms. The second-order valence-corrected chi connectivity index (χ2v) is 7.98. The molecule has 26 heavy (non-hydrogen) atoms.